The quantitative estimate of drug-likeness (QED) is 0.593. The molecule has 0 aliphatic heterocycles. The Bertz CT molecular complexity index is 405. The van der Waals surface area contributed by atoms with Crippen LogP contribution >= 0.6 is 0 Å². The Balaban J connectivity index is 2.54. The molecule has 0 aromatic carbocycles. The van der Waals surface area contributed by atoms with Crippen LogP contribution in [0.2, 0.25) is 0 Å². The van der Waals surface area contributed by atoms with E-state index in [1.807, 2.05) is 0 Å². The number of hydrogen-bond acceptors (Lipinski definition) is 5. The van der Waals surface area contributed by atoms with E-state index in [1.165, 1.54) is 12.3 Å². The Kier molecular flexibility index (Phi) is 4.38. The Labute approximate surface area is 97.8 Å². The lowest BCUT2D eigenvalue weighted by molar-refractivity contribution is -0.385. The van der Waals surface area contributed by atoms with Crippen molar-refractivity contribution in [1.29, 1.82) is 0 Å². The van der Waals surface area contributed by atoms with Crippen LogP contribution in [0, 0.1) is 10.1 Å². The SMILES string of the molecule is CN(CCCC(=O)O)c1ccc([N+](=O)[O-])cn1. The van der Waals surface area contributed by atoms with E-state index in [9.17, 15) is 14.9 Å². The minimum Gasteiger partial charge on any atom is -0.481 e. The van der Waals surface area contributed by atoms with Gasteiger partial charge >= 0.3 is 5.97 Å². The fraction of sp³-hybridized carbons (Fsp3) is 0.400. The van der Waals surface area contributed by atoms with Crippen LogP contribution in [0.1, 0.15) is 12.8 Å². The molecule has 0 unspecified atom stereocenters. The average molecular weight is 239 g/mol. The van der Waals surface area contributed by atoms with Gasteiger partial charge in [-0.15, -0.1) is 0 Å². The topological polar surface area (TPSA) is 96.6 Å². The molecule has 1 aromatic heterocycles. The molecule has 0 atom stereocenters. The van der Waals surface area contributed by atoms with Gasteiger partial charge in [-0.1, -0.05) is 0 Å². The molecule has 1 rings (SSSR count). The summed E-state index contributed by atoms with van der Waals surface area (Å²) in [6.45, 7) is 0.539. The molecule has 1 aromatic rings. The van der Waals surface area contributed by atoms with Gasteiger partial charge in [0.25, 0.3) is 5.69 Å². The molecule has 0 saturated heterocycles. The van der Waals surface area contributed by atoms with Gasteiger partial charge < -0.3 is 10.0 Å². The number of carbonyl (C=O) groups is 1. The number of hydrogen-bond donors (Lipinski definition) is 1. The predicted octanol–water partition coefficient (Wildman–Crippen LogP) is 1.29. The predicted molar refractivity (Wildman–Crippen MR) is 61.0 cm³/mol. The molecule has 17 heavy (non-hydrogen) atoms. The molecule has 1 N–H and O–H groups in total. The summed E-state index contributed by atoms with van der Waals surface area (Å²) in [4.78, 5) is 25.9. The van der Waals surface area contributed by atoms with Gasteiger partial charge in [0, 0.05) is 26.1 Å². The van der Waals surface area contributed by atoms with Gasteiger partial charge in [-0.25, -0.2) is 4.98 Å². The molecule has 0 aliphatic rings. The summed E-state index contributed by atoms with van der Waals surface area (Å²) in [6.07, 6.45) is 1.78. The highest BCUT2D eigenvalue weighted by Crippen LogP contribution is 2.14. The molecule has 0 spiro atoms. The van der Waals surface area contributed by atoms with Crippen LogP contribution < -0.4 is 4.90 Å². The lowest BCUT2D eigenvalue weighted by atomic mass is 10.3. The van der Waals surface area contributed by atoms with E-state index in [0.29, 0.717) is 18.8 Å². The number of carboxylic acid groups (broad SMARTS) is 1. The minimum absolute atomic E-state index is 0.0623. The van der Waals surface area contributed by atoms with Crippen LogP contribution in [-0.2, 0) is 4.79 Å². The Morgan fingerprint density at radius 2 is 2.29 bits per heavy atom. The zero-order valence-corrected chi connectivity index (χ0v) is 9.37. The standard InChI is InChI=1S/C10H13N3O4/c1-12(6-2-3-10(14)15)9-5-4-8(7-11-9)13(16)17/h4-5,7H,2-3,6H2,1H3,(H,14,15). The van der Waals surface area contributed by atoms with Crippen LogP contribution in [-0.4, -0.2) is 34.6 Å². The molecule has 7 nitrogen and oxygen atoms in total. The first-order valence-electron chi connectivity index (χ1n) is 5.04. The van der Waals surface area contributed by atoms with Crippen LogP contribution in [0.4, 0.5) is 11.5 Å². The van der Waals surface area contributed by atoms with E-state index in [0.717, 1.165) is 0 Å². The number of anilines is 1. The van der Waals surface area contributed by atoms with E-state index < -0.39 is 10.9 Å². The molecule has 92 valence electrons. The smallest absolute Gasteiger partial charge is 0.303 e. The molecule has 0 amide bonds. The maximum absolute atomic E-state index is 10.4. The highest BCUT2D eigenvalue weighted by atomic mass is 16.6. The fourth-order valence-electron chi connectivity index (χ4n) is 1.29. The normalized spacial score (nSPS) is 9.94. The van der Waals surface area contributed by atoms with Crippen molar-refractivity contribution in [1.82, 2.24) is 4.98 Å². The van der Waals surface area contributed by atoms with Gasteiger partial charge in [-0.05, 0) is 12.5 Å². The lowest BCUT2D eigenvalue weighted by Gasteiger charge is -2.16. The van der Waals surface area contributed by atoms with Crippen molar-refractivity contribution in [3.8, 4) is 0 Å². The zero-order valence-electron chi connectivity index (χ0n) is 9.37. The van der Waals surface area contributed by atoms with Gasteiger partial charge in [-0.3, -0.25) is 14.9 Å². The third kappa shape index (κ3) is 4.06. The molecule has 0 aliphatic carbocycles. The van der Waals surface area contributed by atoms with Crippen LogP contribution in [0.15, 0.2) is 18.3 Å². The number of pyridine rings is 1. The highest BCUT2D eigenvalue weighted by molar-refractivity contribution is 5.66. The van der Waals surface area contributed by atoms with E-state index >= 15 is 0 Å². The second-order valence-electron chi connectivity index (χ2n) is 3.55. The molecule has 1 heterocycles. The van der Waals surface area contributed by atoms with E-state index in [4.69, 9.17) is 5.11 Å². The number of aliphatic carboxylic acids is 1. The Hall–Kier alpha value is -2.18. The third-order valence-electron chi connectivity index (χ3n) is 2.22. The zero-order chi connectivity index (χ0) is 12.8. The highest BCUT2D eigenvalue weighted by Gasteiger charge is 2.08. The molecular weight excluding hydrogens is 226 g/mol. The van der Waals surface area contributed by atoms with Gasteiger partial charge in [0.1, 0.15) is 12.0 Å². The summed E-state index contributed by atoms with van der Waals surface area (Å²) in [5, 5.41) is 18.9. The molecule has 0 saturated carbocycles. The second-order valence-corrected chi connectivity index (χ2v) is 3.55. The number of aromatic nitrogens is 1. The second kappa shape index (κ2) is 5.78. The van der Waals surface area contributed by atoms with Gasteiger partial charge in [0.05, 0.1) is 4.92 Å². The molecule has 0 fully saturated rings. The maximum Gasteiger partial charge on any atom is 0.303 e. The Morgan fingerprint density at radius 1 is 1.59 bits per heavy atom. The Morgan fingerprint density at radius 3 is 2.76 bits per heavy atom. The van der Waals surface area contributed by atoms with Gasteiger partial charge in [-0.2, -0.15) is 0 Å². The molecule has 7 heteroatoms. The lowest BCUT2D eigenvalue weighted by Crippen LogP contribution is -2.20. The first-order chi connectivity index (χ1) is 8.00. The van der Waals surface area contributed by atoms with Crippen molar-refractivity contribution >= 4 is 17.5 Å². The van der Waals surface area contributed by atoms with Crippen molar-refractivity contribution in [3.63, 3.8) is 0 Å². The first kappa shape index (κ1) is 12.9. The average Bonchev–Trinajstić information content (AvgIpc) is 2.28. The van der Waals surface area contributed by atoms with Crippen LogP contribution in [0.25, 0.3) is 0 Å². The van der Waals surface area contributed by atoms with Gasteiger partial charge in [0.2, 0.25) is 0 Å². The van der Waals surface area contributed by atoms with E-state index in [1.54, 1.807) is 18.0 Å². The fourth-order valence-corrected chi connectivity index (χ4v) is 1.29. The number of nitrogens with zero attached hydrogens (tertiary/aromatic N) is 3. The number of carboxylic acids is 1. The largest absolute Gasteiger partial charge is 0.481 e. The van der Waals surface area contributed by atoms with Crippen molar-refractivity contribution < 1.29 is 14.8 Å². The maximum atomic E-state index is 10.4. The summed E-state index contributed by atoms with van der Waals surface area (Å²) in [5.41, 5.74) is -0.0623. The van der Waals surface area contributed by atoms with E-state index in [-0.39, 0.29) is 12.1 Å². The molecule has 0 bridgehead atoms. The summed E-state index contributed by atoms with van der Waals surface area (Å²) < 4.78 is 0. The van der Waals surface area contributed by atoms with Crippen molar-refractivity contribution in [2.45, 2.75) is 12.8 Å². The van der Waals surface area contributed by atoms with Crippen molar-refractivity contribution in [2.24, 2.45) is 0 Å². The summed E-state index contributed by atoms with van der Waals surface area (Å²) in [7, 11) is 1.76. The van der Waals surface area contributed by atoms with E-state index in [2.05, 4.69) is 4.98 Å². The summed E-state index contributed by atoms with van der Waals surface area (Å²) in [6, 6.07) is 2.91. The van der Waals surface area contributed by atoms with Crippen molar-refractivity contribution in [3.05, 3.63) is 28.4 Å². The molecular formula is C10H13N3O4. The summed E-state index contributed by atoms with van der Waals surface area (Å²) >= 11 is 0. The third-order valence-corrected chi connectivity index (χ3v) is 2.22. The summed E-state index contributed by atoms with van der Waals surface area (Å²) in [5.74, 6) is -0.254. The molecule has 0 radical (unpaired) electrons. The van der Waals surface area contributed by atoms with Gasteiger partial charge in [0.15, 0.2) is 0 Å². The minimum atomic E-state index is -0.838. The number of rotatable bonds is 6. The van der Waals surface area contributed by atoms with Crippen molar-refractivity contribution in [2.75, 3.05) is 18.5 Å². The number of nitro groups is 1. The van der Waals surface area contributed by atoms with Crippen LogP contribution in [0.5, 0.6) is 0 Å². The first-order valence-corrected chi connectivity index (χ1v) is 5.04. The monoisotopic (exact) mass is 239 g/mol. The van der Waals surface area contributed by atoms with Crippen LogP contribution in [0.3, 0.4) is 0 Å².